The molecule has 7 nitrogen and oxygen atoms in total. The molecule has 3 rings (SSSR count). The van der Waals surface area contributed by atoms with Gasteiger partial charge in [-0.15, -0.1) is 0 Å². The molecule has 0 aromatic heterocycles. The van der Waals surface area contributed by atoms with Crippen LogP contribution in [0.25, 0.3) is 0 Å². The van der Waals surface area contributed by atoms with Crippen molar-refractivity contribution in [2.45, 2.75) is 26.3 Å². The molecule has 2 amide bonds. The third kappa shape index (κ3) is 4.43. The van der Waals surface area contributed by atoms with Gasteiger partial charge in [-0.05, 0) is 36.2 Å². The summed E-state index contributed by atoms with van der Waals surface area (Å²) in [6.07, 6.45) is 0.522. The monoisotopic (exact) mass is 379 g/mol. The lowest BCUT2D eigenvalue weighted by molar-refractivity contribution is -0.132. The van der Waals surface area contributed by atoms with Crippen LogP contribution in [0.15, 0.2) is 53.6 Å². The number of benzene rings is 2. The average Bonchev–Trinajstić information content (AvgIpc) is 2.71. The second-order valence-corrected chi connectivity index (χ2v) is 6.46. The summed E-state index contributed by atoms with van der Waals surface area (Å²) in [7, 11) is 1.32. The number of hydrazone groups is 1. The lowest BCUT2D eigenvalue weighted by atomic mass is 10.1. The first kappa shape index (κ1) is 19.3. The molecular weight excluding hydrogens is 358 g/mol. The number of carbonyl (C=O) groups is 3. The van der Waals surface area contributed by atoms with E-state index < -0.39 is 5.97 Å². The highest BCUT2D eigenvalue weighted by molar-refractivity contribution is 6.43. The number of ether oxygens (including phenoxy) is 1. The highest BCUT2D eigenvalue weighted by Crippen LogP contribution is 2.19. The minimum Gasteiger partial charge on any atom is -0.465 e. The number of amides is 2. The maximum Gasteiger partial charge on any atom is 0.337 e. The van der Waals surface area contributed by atoms with Gasteiger partial charge in [-0.3, -0.25) is 9.59 Å². The zero-order valence-electron chi connectivity index (χ0n) is 15.8. The maximum atomic E-state index is 12.6. The molecule has 28 heavy (non-hydrogen) atoms. The van der Waals surface area contributed by atoms with Crippen LogP contribution >= 0.6 is 0 Å². The Morgan fingerprint density at radius 1 is 1.14 bits per heavy atom. The van der Waals surface area contributed by atoms with Crippen LogP contribution in [0.4, 0.5) is 5.69 Å². The van der Waals surface area contributed by atoms with Crippen molar-refractivity contribution in [3.63, 3.8) is 0 Å². The van der Waals surface area contributed by atoms with Crippen LogP contribution in [-0.4, -0.2) is 35.6 Å². The number of methoxy groups -OCH3 is 1. The SMILES string of the molecule is COC(=O)c1ccc(NC(=O)C2=NN(Cc3ccccc3)C(=O)CC2)c(C)c1. The number of hydrogen-bond acceptors (Lipinski definition) is 5. The molecule has 1 aliphatic heterocycles. The summed E-state index contributed by atoms with van der Waals surface area (Å²) in [5.41, 5.74) is 2.95. The van der Waals surface area contributed by atoms with Gasteiger partial charge in [-0.1, -0.05) is 30.3 Å². The van der Waals surface area contributed by atoms with E-state index in [-0.39, 0.29) is 24.7 Å². The van der Waals surface area contributed by atoms with Crippen molar-refractivity contribution in [1.82, 2.24) is 5.01 Å². The lowest BCUT2D eigenvalue weighted by Crippen LogP contribution is -2.36. The molecular formula is C21H21N3O4. The second-order valence-electron chi connectivity index (χ2n) is 6.46. The Hall–Kier alpha value is -3.48. The zero-order valence-corrected chi connectivity index (χ0v) is 15.8. The molecule has 0 saturated heterocycles. The summed E-state index contributed by atoms with van der Waals surface area (Å²) in [4.78, 5) is 36.4. The number of nitrogens with one attached hydrogen (secondary N) is 1. The third-order valence-electron chi connectivity index (χ3n) is 4.44. The fourth-order valence-corrected chi connectivity index (χ4v) is 2.89. The normalized spacial score (nSPS) is 13.7. The molecule has 144 valence electrons. The summed E-state index contributed by atoms with van der Waals surface area (Å²) in [6, 6.07) is 14.4. The molecule has 2 aromatic carbocycles. The van der Waals surface area contributed by atoms with Gasteiger partial charge < -0.3 is 10.1 Å². The molecule has 0 aliphatic carbocycles. The Morgan fingerprint density at radius 2 is 1.89 bits per heavy atom. The minimum absolute atomic E-state index is 0.112. The molecule has 0 atom stereocenters. The van der Waals surface area contributed by atoms with Gasteiger partial charge >= 0.3 is 5.97 Å². The first-order valence-electron chi connectivity index (χ1n) is 8.90. The van der Waals surface area contributed by atoms with Crippen LogP contribution in [0.2, 0.25) is 0 Å². The largest absolute Gasteiger partial charge is 0.465 e. The van der Waals surface area contributed by atoms with E-state index in [1.807, 2.05) is 30.3 Å². The average molecular weight is 379 g/mol. The van der Waals surface area contributed by atoms with Gasteiger partial charge in [0.2, 0.25) is 5.91 Å². The molecule has 1 aliphatic rings. The molecule has 0 unspecified atom stereocenters. The number of hydrogen-bond donors (Lipinski definition) is 1. The fourth-order valence-electron chi connectivity index (χ4n) is 2.89. The number of aryl methyl sites for hydroxylation is 1. The van der Waals surface area contributed by atoms with E-state index in [0.29, 0.717) is 23.5 Å². The Balaban J connectivity index is 1.73. The van der Waals surface area contributed by atoms with Crippen molar-refractivity contribution in [3.8, 4) is 0 Å². The van der Waals surface area contributed by atoms with Gasteiger partial charge in [-0.25, -0.2) is 9.80 Å². The number of esters is 1. The topological polar surface area (TPSA) is 88.1 Å². The van der Waals surface area contributed by atoms with E-state index >= 15 is 0 Å². The molecule has 0 saturated carbocycles. The summed E-state index contributed by atoms with van der Waals surface area (Å²) < 4.78 is 4.70. The molecule has 2 aromatic rings. The maximum absolute atomic E-state index is 12.6. The first-order chi connectivity index (χ1) is 13.5. The second kappa shape index (κ2) is 8.47. The number of anilines is 1. The first-order valence-corrected chi connectivity index (χ1v) is 8.90. The van der Waals surface area contributed by atoms with E-state index in [2.05, 4.69) is 10.4 Å². The lowest BCUT2D eigenvalue weighted by Gasteiger charge is -2.23. The standard InChI is InChI=1S/C21H21N3O4/c1-14-12-16(21(27)28-2)8-9-17(14)22-20(26)18-10-11-19(25)24(23-18)13-15-6-4-3-5-7-15/h3-9,12H,10-11,13H2,1-2H3,(H,22,26). The number of nitrogens with zero attached hydrogens (tertiary/aromatic N) is 2. The van der Waals surface area contributed by atoms with Crippen molar-refractivity contribution in [1.29, 1.82) is 0 Å². The quantitative estimate of drug-likeness (QED) is 0.809. The van der Waals surface area contributed by atoms with Crippen molar-refractivity contribution in [2.75, 3.05) is 12.4 Å². The predicted octanol–water partition coefficient (Wildman–Crippen LogP) is 2.90. The Kier molecular flexibility index (Phi) is 5.84. The van der Waals surface area contributed by atoms with Crippen molar-refractivity contribution in [3.05, 3.63) is 65.2 Å². The van der Waals surface area contributed by atoms with Crippen LogP contribution < -0.4 is 5.32 Å². The van der Waals surface area contributed by atoms with Crippen molar-refractivity contribution < 1.29 is 19.1 Å². The van der Waals surface area contributed by atoms with Crippen LogP contribution in [0.3, 0.4) is 0 Å². The Bertz CT molecular complexity index is 938. The summed E-state index contributed by atoms with van der Waals surface area (Å²) in [5.74, 6) is -0.911. The van der Waals surface area contributed by atoms with E-state index in [0.717, 1.165) is 11.1 Å². The van der Waals surface area contributed by atoms with E-state index in [9.17, 15) is 14.4 Å². The fraction of sp³-hybridized carbons (Fsp3) is 0.238. The summed E-state index contributed by atoms with van der Waals surface area (Å²) in [6.45, 7) is 2.11. The van der Waals surface area contributed by atoms with Gasteiger partial charge in [0, 0.05) is 18.5 Å². The number of rotatable bonds is 5. The van der Waals surface area contributed by atoms with Crippen molar-refractivity contribution >= 4 is 29.2 Å². The summed E-state index contributed by atoms with van der Waals surface area (Å²) in [5, 5.41) is 8.39. The minimum atomic E-state index is -0.437. The molecule has 0 spiro atoms. The van der Waals surface area contributed by atoms with Crippen LogP contribution in [-0.2, 0) is 20.9 Å². The third-order valence-corrected chi connectivity index (χ3v) is 4.44. The molecule has 1 N–H and O–H groups in total. The summed E-state index contributed by atoms with van der Waals surface area (Å²) >= 11 is 0. The van der Waals surface area contributed by atoms with Gasteiger partial charge in [-0.2, -0.15) is 5.10 Å². The van der Waals surface area contributed by atoms with Crippen LogP contribution in [0.5, 0.6) is 0 Å². The molecule has 0 bridgehead atoms. The van der Waals surface area contributed by atoms with Crippen LogP contribution in [0.1, 0.15) is 34.3 Å². The molecule has 0 fully saturated rings. The molecule has 7 heteroatoms. The Labute approximate surface area is 163 Å². The van der Waals surface area contributed by atoms with Gasteiger partial charge in [0.05, 0.1) is 19.2 Å². The van der Waals surface area contributed by atoms with Crippen molar-refractivity contribution in [2.24, 2.45) is 5.10 Å². The van der Waals surface area contributed by atoms with E-state index in [1.165, 1.54) is 12.1 Å². The molecule has 0 radical (unpaired) electrons. The van der Waals surface area contributed by atoms with Gasteiger partial charge in [0.1, 0.15) is 5.71 Å². The highest BCUT2D eigenvalue weighted by atomic mass is 16.5. The predicted molar refractivity (Wildman–Crippen MR) is 105 cm³/mol. The zero-order chi connectivity index (χ0) is 20.1. The van der Waals surface area contributed by atoms with E-state index in [4.69, 9.17) is 4.74 Å². The molecule has 1 heterocycles. The van der Waals surface area contributed by atoms with Gasteiger partial charge in [0.15, 0.2) is 0 Å². The smallest absolute Gasteiger partial charge is 0.337 e. The Morgan fingerprint density at radius 3 is 2.57 bits per heavy atom. The highest BCUT2D eigenvalue weighted by Gasteiger charge is 2.25. The number of carbonyl (C=O) groups excluding carboxylic acids is 3. The van der Waals surface area contributed by atoms with Crippen LogP contribution in [0, 0.1) is 6.92 Å². The van der Waals surface area contributed by atoms with Gasteiger partial charge in [0.25, 0.3) is 5.91 Å². The van der Waals surface area contributed by atoms with E-state index in [1.54, 1.807) is 25.1 Å².